The second kappa shape index (κ2) is 6.80. The molecule has 0 fully saturated rings. The zero-order valence-electron chi connectivity index (χ0n) is 12.8. The van der Waals surface area contributed by atoms with Crippen molar-refractivity contribution >= 4 is 21.7 Å². The fourth-order valence-electron chi connectivity index (χ4n) is 2.17. The molecule has 0 aliphatic heterocycles. The summed E-state index contributed by atoms with van der Waals surface area (Å²) in [7, 11) is -2.50. The molecule has 23 heavy (non-hydrogen) atoms. The Labute approximate surface area is 135 Å². The molecule has 6 nitrogen and oxygen atoms in total. The zero-order chi connectivity index (χ0) is 17.0. The highest BCUT2D eigenvalue weighted by molar-refractivity contribution is 7.89. The van der Waals surface area contributed by atoms with Crippen molar-refractivity contribution in [2.45, 2.75) is 17.9 Å². The van der Waals surface area contributed by atoms with Crippen LogP contribution in [0.4, 0.5) is 5.69 Å². The summed E-state index contributed by atoms with van der Waals surface area (Å²) in [5.41, 5.74) is 1.25. The number of benzene rings is 2. The van der Waals surface area contributed by atoms with Crippen LogP contribution in [0.2, 0.25) is 0 Å². The van der Waals surface area contributed by atoms with Crippen LogP contribution < -0.4 is 10.0 Å². The molecule has 0 bridgehead atoms. The summed E-state index contributed by atoms with van der Waals surface area (Å²) in [5.74, 6) is -1.18. The maximum absolute atomic E-state index is 12.2. The smallest absolute Gasteiger partial charge is 0.335 e. The van der Waals surface area contributed by atoms with Crippen LogP contribution in [-0.2, 0) is 10.0 Å². The highest BCUT2D eigenvalue weighted by Gasteiger charge is 2.20. The Kier molecular flexibility index (Phi) is 5.02. The Hall–Kier alpha value is -2.38. The van der Waals surface area contributed by atoms with Crippen molar-refractivity contribution in [3.05, 3.63) is 59.7 Å². The van der Waals surface area contributed by atoms with E-state index in [2.05, 4.69) is 10.0 Å². The van der Waals surface area contributed by atoms with Crippen LogP contribution in [0.5, 0.6) is 0 Å². The topological polar surface area (TPSA) is 95.5 Å². The van der Waals surface area contributed by atoms with E-state index in [9.17, 15) is 13.2 Å². The lowest BCUT2D eigenvalue weighted by atomic mass is 10.1. The summed E-state index contributed by atoms with van der Waals surface area (Å²) >= 11 is 0. The fraction of sp³-hybridized carbons (Fsp3) is 0.188. The first-order chi connectivity index (χ1) is 10.8. The largest absolute Gasteiger partial charge is 0.478 e. The lowest BCUT2D eigenvalue weighted by molar-refractivity contribution is 0.0696. The van der Waals surface area contributed by atoms with Crippen LogP contribution in [-0.4, -0.2) is 26.5 Å². The summed E-state index contributed by atoms with van der Waals surface area (Å²) in [4.78, 5) is 11.0. The second-order valence-corrected chi connectivity index (χ2v) is 6.86. The van der Waals surface area contributed by atoms with Gasteiger partial charge >= 0.3 is 5.97 Å². The van der Waals surface area contributed by atoms with Gasteiger partial charge in [-0.2, -0.15) is 0 Å². The van der Waals surface area contributed by atoms with Gasteiger partial charge in [-0.15, -0.1) is 0 Å². The van der Waals surface area contributed by atoms with Crippen LogP contribution >= 0.6 is 0 Å². The van der Waals surface area contributed by atoms with E-state index < -0.39 is 16.0 Å². The lowest BCUT2D eigenvalue weighted by Gasteiger charge is -2.18. The Morgan fingerprint density at radius 1 is 1.13 bits per heavy atom. The van der Waals surface area contributed by atoms with E-state index in [0.29, 0.717) is 5.69 Å². The minimum absolute atomic E-state index is 0.0864. The molecule has 2 rings (SSSR count). The number of nitrogens with one attached hydrogen (secondary N) is 2. The van der Waals surface area contributed by atoms with Gasteiger partial charge in [0.05, 0.1) is 11.3 Å². The van der Waals surface area contributed by atoms with Gasteiger partial charge in [-0.25, -0.2) is 17.9 Å². The van der Waals surface area contributed by atoms with Crippen molar-refractivity contribution in [1.29, 1.82) is 0 Å². The molecule has 1 atom stereocenters. The van der Waals surface area contributed by atoms with Crippen molar-refractivity contribution < 1.29 is 18.3 Å². The van der Waals surface area contributed by atoms with Crippen molar-refractivity contribution in [2.75, 3.05) is 12.4 Å². The molecule has 0 radical (unpaired) electrons. The van der Waals surface area contributed by atoms with Gasteiger partial charge in [0.25, 0.3) is 0 Å². The zero-order valence-corrected chi connectivity index (χ0v) is 13.6. The van der Waals surface area contributed by atoms with Crippen LogP contribution in [0.3, 0.4) is 0 Å². The maximum Gasteiger partial charge on any atom is 0.335 e. The Balaban J connectivity index is 2.44. The third kappa shape index (κ3) is 3.88. The van der Waals surface area contributed by atoms with Crippen molar-refractivity contribution in [1.82, 2.24) is 4.72 Å². The minimum Gasteiger partial charge on any atom is -0.478 e. The maximum atomic E-state index is 12.2. The van der Waals surface area contributed by atoms with E-state index >= 15 is 0 Å². The molecule has 7 heteroatoms. The number of carboxylic acids is 1. The predicted octanol–water partition coefficient (Wildman–Crippen LogP) is 2.47. The molecule has 0 aliphatic rings. The molecule has 1 unspecified atom stereocenters. The first-order valence-electron chi connectivity index (χ1n) is 6.97. The normalized spacial score (nSPS) is 12.6. The van der Waals surface area contributed by atoms with E-state index in [4.69, 9.17) is 5.11 Å². The molecule has 0 spiro atoms. The molecular formula is C16H18N2O4S. The first kappa shape index (κ1) is 17.0. The van der Waals surface area contributed by atoms with Gasteiger partial charge in [-0.1, -0.05) is 30.3 Å². The van der Waals surface area contributed by atoms with Crippen LogP contribution in [0.1, 0.15) is 28.9 Å². The number of anilines is 1. The molecule has 0 saturated carbocycles. The summed E-state index contributed by atoms with van der Waals surface area (Å²) in [6, 6.07) is 13.4. The molecule has 0 heterocycles. The summed E-state index contributed by atoms with van der Waals surface area (Å²) in [5, 5.41) is 12.2. The third-order valence-corrected chi connectivity index (χ3v) is 4.91. The number of rotatable bonds is 6. The first-order valence-corrected chi connectivity index (χ1v) is 8.46. The van der Waals surface area contributed by atoms with Gasteiger partial charge in [0, 0.05) is 6.04 Å². The van der Waals surface area contributed by atoms with Gasteiger partial charge < -0.3 is 10.4 Å². The SMILES string of the molecule is CNS(=O)(=O)c1cc(C(=O)O)ccc1NC(C)c1ccccc1. The van der Waals surface area contributed by atoms with Gasteiger partial charge in [0.15, 0.2) is 0 Å². The molecule has 0 aromatic heterocycles. The average molecular weight is 334 g/mol. The quantitative estimate of drug-likeness (QED) is 0.754. The highest BCUT2D eigenvalue weighted by atomic mass is 32.2. The molecular weight excluding hydrogens is 316 g/mol. The predicted molar refractivity (Wildman–Crippen MR) is 88.1 cm³/mol. The van der Waals surface area contributed by atoms with Crippen molar-refractivity contribution in [2.24, 2.45) is 0 Å². The molecule has 2 aromatic rings. The number of hydrogen-bond acceptors (Lipinski definition) is 4. The lowest BCUT2D eigenvalue weighted by Crippen LogP contribution is -2.21. The minimum atomic E-state index is -3.79. The number of aromatic carboxylic acids is 1. The van der Waals surface area contributed by atoms with E-state index in [0.717, 1.165) is 11.6 Å². The summed E-state index contributed by atoms with van der Waals surface area (Å²) < 4.78 is 26.6. The van der Waals surface area contributed by atoms with Gasteiger partial charge in [-0.3, -0.25) is 0 Å². The average Bonchev–Trinajstić information content (AvgIpc) is 2.55. The molecule has 0 saturated heterocycles. The standard InChI is InChI=1S/C16H18N2O4S/c1-11(12-6-4-3-5-7-12)18-14-9-8-13(16(19)20)10-15(14)23(21,22)17-2/h3-11,17-18H,1-2H3,(H,19,20). The van der Waals surface area contributed by atoms with E-state index in [1.165, 1.54) is 19.2 Å². The highest BCUT2D eigenvalue weighted by Crippen LogP contribution is 2.27. The Morgan fingerprint density at radius 2 is 1.78 bits per heavy atom. The Bertz CT molecular complexity index is 804. The second-order valence-electron chi connectivity index (χ2n) is 5.00. The monoisotopic (exact) mass is 334 g/mol. The number of sulfonamides is 1. The fourth-order valence-corrected chi connectivity index (χ4v) is 3.08. The van der Waals surface area contributed by atoms with Gasteiger partial charge in [0.1, 0.15) is 4.90 Å². The van der Waals surface area contributed by atoms with E-state index in [-0.39, 0.29) is 16.5 Å². The number of hydrogen-bond donors (Lipinski definition) is 3. The molecule has 0 aliphatic carbocycles. The number of carbonyl (C=O) groups is 1. The van der Waals surface area contributed by atoms with Crippen LogP contribution in [0.15, 0.2) is 53.4 Å². The van der Waals surface area contributed by atoms with Gasteiger partial charge in [-0.05, 0) is 37.7 Å². The third-order valence-electron chi connectivity index (χ3n) is 3.46. The molecule has 2 aromatic carbocycles. The van der Waals surface area contributed by atoms with Crippen molar-refractivity contribution in [3.8, 4) is 0 Å². The molecule has 3 N–H and O–H groups in total. The summed E-state index contributed by atoms with van der Waals surface area (Å²) in [6.07, 6.45) is 0. The van der Waals surface area contributed by atoms with Crippen molar-refractivity contribution in [3.63, 3.8) is 0 Å². The van der Waals surface area contributed by atoms with E-state index in [1.807, 2.05) is 37.3 Å². The number of carboxylic acid groups (broad SMARTS) is 1. The van der Waals surface area contributed by atoms with E-state index in [1.54, 1.807) is 0 Å². The molecule has 122 valence electrons. The van der Waals surface area contributed by atoms with Crippen LogP contribution in [0, 0.1) is 0 Å². The van der Waals surface area contributed by atoms with Crippen LogP contribution in [0.25, 0.3) is 0 Å². The summed E-state index contributed by atoms with van der Waals surface area (Å²) in [6.45, 7) is 1.90. The Morgan fingerprint density at radius 3 is 2.35 bits per heavy atom. The van der Waals surface area contributed by atoms with Gasteiger partial charge in [0.2, 0.25) is 10.0 Å². The molecule has 0 amide bonds.